The summed E-state index contributed by atoms with van der Waals surface area (Å²) in [6, 6.07) is 27.1. The van der Waals surface area contributed by atoms with Crippen molar-refractivity contribution in [3.8, 4) is 17.6 Å². The van der Waals surface area contributed by atoms with Crippen LogP contribution in [0.2, 0.25) is 0 Å². The molecular formula is C26H27IN2O2. The summed E-state index contributed by atoms with van der Waals surface area (Å²) >= 11 is 0. The van der Waals surface area contributed by atoms with E-state index in [9.17, 15) is 10.4 Å². The molecule has 0 aliphatic carbocycles. The van der Waals surface area contributed by atoms with Gasteiger partial charge in [0.25, 0.3) is 0 Å². The molecule has 5 heteroatoms. The van der Waals surface area contributed by atoms with Crippen LogP contribution in [0.25, 0.3) is 0 Å². The number of benzene rings is 3. The van der Waals surface area contributed by atoms with Crippen molar-refractivity contribution < 1.29 is 38.3 Å². The van der Waals surface area contributed by atoms with E-state index in [1.165, 1.54) is 11.1 Å². The Morgan fingerprint density at radius 1 is 1.03 bits per heavy atom. The van der Waals surface area contributed by atoms with Crippen LogP contribution >= 0.6 is 0 Å². The molecule has 31 heavy (non-hydrogen) atoms. The number of halogens is 1. The van der Waals surface area contributed by atoms with Crippen molar-refractivity contribution in [1.82, 2.24) is 0 Å². The first-order chi connectivity index (χ1) is 14.6. The third-order valence-corrected chi connectivity index (χ3v) is 6.38. The maximum absolute atomic E-state index is 10.6. The van der Waals surface area contributed by atoms with Crippen LogP contribution < -0.4 is 28.7 Å². The summed E-state index contributed by atoms with van der Waals surface area (Å²) in [5.74, 6) is 0.736. The summed E-state index contributed by atoms with van der Waals surface area (Å²) in [5.41, 5.74) is 4.70. The van der Waals surface area contributed by atoms with Gasteiger partial charge in [-0.2, -0.15) is 5.26 Å². The first-order valence-corrected chi connectivity index (χ1v) is 10.3. The summed E-state index contributed by atoms with van der Waals surface area (Å²) in [4.78, 5) is 0. The number of ether oxygens (including phenoxy) is 1. The zero-order chi connectivity index (χ0) is 21.1. The number of quaternary nitrogens is 1. The van der Waals surface area contributed by atoms with Gasteiger partial charge >= 0.3 is 0 Å². The summed E-state index contributed by atoms with van der Waals surface area (Å²) in [6.07, 6.45) is 0.821. The summed E-state index contributed by atoms with van der Waals surface area (Å²) < 4.78 is 6.07. The zero-order valence-electron chi connectivity index (χ0n) is 17.8. The fraction of sp³-hybridized carbons (Fsp3) is 0.269. The van der Waals surface area contributed by atoms with Crippen molar-refractivity contribution in [3.63, 3.8) is 0 Å². The van der Waals surface area contributed by atoms with Gasteiger partial charge in [-0.25, -0.2) is 0 Å². The van der Waals surface area contributed by atoms with Crippen LogP contribution in [-0.4, -0.2) is 36.8 Å². The molecule has 4 nitrogen and oxygen atoms in total. The van der Waals surface area contributed by atoms with Crippen LogP contribution in [0.1, 0.15) is 34.2 Å². The molecule has 1 aliphatic rings. The Hall–Kier alpha value is -2.56. The zero-order valence-corrected chi connectivity index (χ0v) is 20.0. The Balaban J connectivity index is 0.00000272. The molecule has 0 fully saturated rings. The highest BCUT2D eigenvalue weighted by atomic mass is 127. The van der Waals surface area contributed by atoms with Crippen molar-refractivity contribution in [3.05, 3.63) is 95.1 Å². The van der Waals surface area contributed by atoms with E-state index >= 15 is 0 Å². The third-order valence-electron chi connectivity index (χ3n) is 6.38. The molecule has 1 aliphatic heterocycles. The van der Waals surface area contributed by atoms with E-state index in [1.807, 2.05) is 36.4 Å². The van der Waals surface area contributed by atoms with Gasteiger partial charge in [-0.15, -0.1) is 0 Å². The Morgan fingerprint density at radius 2 is 1.68 bits per heavy atom. The number of fused-ring (bicyclic) bond motifs is 1. The lowest BCUT2D eigenvalue weighted by Crippen LogP contribution is -3.00. The molecule has 0 bridgehead atoms. The van der Waals surface area contributed by atoms with E-state index in [0.717, 1.165) is 24.1 Å². The minimum absolute atomic E-state index is 0. The highest BCUT2D eigenvalue weighted by Gasteiger charge is 2.44. The second kappa shape index (κ2) is 9.71. The first-order valence-electron chi connectivity index (χ1n) is 10.3. The van der Waals surface area contributed by atoms with Gasteiger partial charge in [-0.3, -0.25) is 0 Å². The van der Waals surface area contributed by atoms with Gasteiger partial charge in [-0.1, -0.05) is 60.7 Å². The van der Waals surface area contributed by atoms with E-state index < -0.39 is 0 Å². The lowest BCUT2D eigenvalue weighted by atomic mass is 9.78. The van der Waals surface area contributed by atoms with E-state index in [0.29, 0.717) is 16.8 Å². The maximum atomic E-state index is 10.6. The molecular weight excluding hydrogens is 499 g/mol. The van der Waals surface area contributed by atoms with Gasteiger partial charge in [0.05, 0.1) is 26.6 Å². The van der Waals surface area contributed by atoms with Crippen molar-refractivity contribution in [1.29, 1.82) is 5.26 Å². The van der Waals surface area contributed by atoms with E-state index in [-0.39, 0.29) is 41.7 Å². The monoisotopic (exact) mass is 526 g/mol. The van der Waals surface area contributed by atoms with Crippen LogP contribution in [0.3, 0.4) is 0 Å². The Morgan fingerprint density at radius 3 is 2.29 bits per heavy atom. The number of rotatable bonds is 5. The number of phenols is 1. The lowest BCUT2D eigenvalue weighted by Gasteiger charge is -2.47. The number of likely N-dealkylation sites (N-methyl/N-ethyl adjacent to an activating group) is 1. The number of nitrogens with zero attached hydrogens (tertiary/aromatic N) is 2. The van der Waals surface area contributed by atoms with Gasteiger partial charge < -0.3 is 38.3 Å². The fourth-order valence-electron chi connectivity index (χ4n) is 4.81. The Kier molecular flexibility index (Phi) is 7.24. The molecule has 1 N–H and O–H groups in total. The molecule has 0 radical (unpaired) electrons. The third kappa shape index (κ3) is 4.56. The van der Waals surface area contributed by atoms with Gasteiger partial charge in [0, 0.05) is 12.0 Å². The van der Waals surface area contributed by atoms with Gasteiger partial charge in [0.1, 0.15) is 12.1 Å². The van der Waals surface area contributed by atoms with Gasteiger partial charge in [0.2, 0.25) is 0 Å². The van der Waals surface area contributed by atoms with Crippen molar-refractivity contribution >= 4 is 0 Å². The molecule has 0 saturated heterocycles. The topological polar surface area (TPSA) is 53.2 Å². The van der Waals surface area contributed by atoms with Crippen LogP contribution in [0.4, 0.5) is 0 Å². The molecule has 1 heterocycles. The van der Waals surface area contributed by atoms with Crippen LogP contribution in [0.5, 0.6) is 11.5 Å². The largest absolute Gasteiger partial charge is 1.00 e. The van der Waals surface area contributed by atoms with Crippen LogP contribution in [0.15, 0.2) is 72.8 Å². The normalized spacial score (nSPS) is 22.0. The molecule has 160 valence electrons. The summed E-state index contributed by atoms with van der Waals surface area (Å²) in [7, 11) is 3.75. The average molecular weight is 526 g/mol. The number of hydrogen-bond acceptors (Lipinski definition) is 3. The molecule has 0 amide bonds. The minimum Gasteiger partial charge on any atom is -1.00 e. The van der Waals surface area contributed by atoms with Crippen LogP contribution in [0, 0.1) is 11.3 Å². The highest BCUT2D eigenvalue weighted by Crippen LogP contribution is 2.47. The van der Waals surface area contributed by atoms with E-state index in [2.05, 4.69) is 49.5 Å². The highest BCUT2D eigenvalue weighted by molar-refractivity contribution is 5.52. The molecule has 4 rings (SSSR count). The number of hydrogen-bond donors (Lipinski definition) is 1. The average Bonchev–Trinajstić information content (AvgIpc) is 2.77. The maximum Gasteiger partial charge on any atom is 0.166 e. The van der Waals surface area contributed by atoms with Crippen molar-refractivity contribution in [2.45, 2.75) is 18.4 Å². The Bertz CT molecular complexity index is 1070. The predicted octanol–water partition coefficient (Wildman–Crippen LogP) is 1.80. The molecule has 3 aromatic rings. The standard InChI is InChI=1S/C26H26N2O2.HI/c1-28(14-13-27)18-23(20-11-7-4-8-12-20)21-16-25(29)26(30-2)17-22(21)24(28)15-19-9-5-3-6-10-19;/h3-12,16-17,23-24H,14-15,18H2,1-2H3;1H. The molecule has 3 unspecified atom stereocenters. The number of methoxy groups -OCH3 is 1. The number of phenolic OH excluding ortho intramolecular Hbond substituents is 1. The molecule has 3 atom stereocenters. The van der Waals surface area contributed by atoms with Crippen molar-refractivity contribution in [2.24, 2.45) is 0 Å². The molecule has 0 saturated carbocycles. The first kappa shape index (κ1) is 23.1. The smallest absolute Gasteiger partial charge is 0.166 e. The van der Waals surface area contributed by atoms with E-state index in [4.69, 9.17) is 4.74 Å². The SMILES string of the molecule is COc1cc2c(cc1O)C(c1ccccc1)C[N+](C)(CC#N)C2Cc1ccccc1.[I-]. The van der Waals surface area contributed by atoms with E-state index in [1.54, 1.807) is 7.11 Å². The number of nitriles is 1. The second-order valence-corrected chi connectivity index (χ2v) is 8.30. The molecule has 0 aromatic heterocycles. The minimum atomic E-state index is 0. The van der Waals surface area contributed by atoms with Crippen LogP contribution in [-0.2, 0) is 6.42 Å². The van der Waals surface area contributed by atoms with Gasteiger partial charge in [-0.05, 0) is 28.8 Å². The van der Waals surface area contributed by atoms with Crippen molar-refractivity contribution in [2.75, 3.05) is 27.2 Å². The second-order valence-electron chi connectivity index (χ2n) is 8.30. The molecule has 3 aromatic carbocycles. The number of aromatic hydroxyl groups is 1. The summed E-state index contributed by atoms with van der Waals surface area (Å²) in [5, 5.41) is 20.2. The lowest BCUT2D eigenvalue weighted by molar-refractivity contribution is -0.936. The molecule has 0 spiro atoms. The quantitative estimate of drug-likeness (QED) is 0.314. The predicted molar refractivity (Wildman–Crippen MR) is 117 cm³/mol. The Labute approximate surface area is 201 Å². The van der Waals surface area contributed by atoms with Gasteiger partial charge in [0.15, 0.2) is 18.0 Å². The summed E-state index contributed by atoms with van der Waals surface area (Å²) in [6.45, 7) is 1.22. The fourth-order valence-corrected chi connectivity index (χ4v) is 4.81.